The Morgan fingerprint density at radius 2 is 0.825 bits per heavy atom. The maximum Gasteiger partial charge on any atom is 2.00 e. The molecule has 0 fully saturated rings. The van der Waals surface area contributed by atoms with Crippen LogP contribution in [0.2, 0.25) is 0 Å². The molecule has 0 saturated heterocycles. The molecule has 0 saturated carbocycles. The Morgan fingerprint density at radius 1 is 0.460 bits per heavy atom. The van der Waals surface area contributed by atoms with Gasteiger partial charge in [-0.1, -0.05) is 238 Å². The molecule has 0 aliphatic carbocycles. The van der Waals surface area contributed by atoms with Gasteiger partial charge in [-0.15, -0.1) is 0 Å². The number of hydrogen-bond donors (Lipinski definition) is 0. The number of allylic oxidation sites excluding steroid dienone is 2. The smallest absolute Gasteiger partial charge is 0.493 e. The van der Waals surface area contributed by atoms with Gasteiger partial charge in [-0.05, 0) is 73.9 Å². The van der Waals surface area contributed by atoms with Crippen molar-refractivity contribution in [3.8, 4) is 11.8 Å². The van der Waals surface area contributed by atoms with Crippen molar-refractivity contribution in [3.63, 3.8) is 0 Å². The Bertz CT molecular complexity index is 1480. The summed E-state index contributed by atoms with van der Waals surface area (Å²) < 4.78 is 1.44. The van der Waals surface area contributed by atoms with Crippen molar-refractivity contribution in [2.24, 2.45) is 0 Å². The van der Waals surface area contributed by atoms with Gasteiger partial charge >= 0.3 is 16.5 Å². The summed E-state index contributed by atoms with van der Waals surface area (Å²) in [6, 6.07) is 17.5. The number of aryl methyl sites for hydroxylation is 2. The first-order chi connectivity index (χ1) is 30.5. The molecule has 0 aromatic heterocycles. The van der Waals surface area contributed by atoms with Crippen molar-refractivity contribution in [1.82, 2.24) is 0 Å². The van der Waals surface area contributed by atoms with Gasteiger partial charge in [0.25, 0.3) is 0 Å². The largest absolute Gasteiger partial charge is 2.00 e. The molecule has 0 unspecified atom stereocenters. The van der Waals surface area contributed by atoms with Gasteiger partial charge in [-0.2, -0.15) is 12.8 Å². The number of unbranched alkanes of at least 4 members (excludes halogenated alkanes) is 26. The van der Waals surface area contributed by atoms with Crippen molar-refractivity contribution in [3.05, 3.63) is 101 Å². The molecule has 358 valence electrons. The van der Waals surface area contributed by atoms with Gasteiger partial charge in [0.1, 0.15) is 5.57 Å². The van der Waals surface area contributed by atoms with Crippen LogP contribution in [0.4, 0.5) is 0 Å². The molecule has 2 aromatic carbocycles. The third kappa shape index (κ3) is 28.3. The molecule has 1 aliphatic rings. The van der Waals surface area contributed by atoms with E-state index in [4.69, 9.17) is 0 Å². The summed E-state index contributed by atoms with van der Waals surface area (Å²) >= 11 is 0. The van der Waals surface area contributed by atoms with Crippen LogP contribution < -0.4 is 0 Å². The summed E-state index contributed by atoms with van der Waals surface area (Å²) in [6.45, 7) is 21.1. The third-order valence-electron chi connectivity index (χ3n) is 12.2. The van der Waals surface area contributed by atoms with Crippen LogP contribution in [0, 0.1) is 25.7 Å². The molecule has 2 aromatic rings. The van der Waals surface area contributed by atoms with E-state index in [1.165, 1.54) is 189 Å². The van der Waals surface area contributed by atoms with E-state index in [-0.39, 0.29) is 16.5 Å². The van der Waals surface area contributed by atoms with Gasteiger partial charge in [0.15, 0.2) is 0 Å². The normalized spacial score (nSPS) is 12.0. The van der Waals surface area contributed by atoms with Crippen LogP contribution in [0.3, 0.4) is 0 Å². The summed E-state index contributed by atoms with van der Waals surface area (Å²) in [4.78, 5) is 0. The summed E-state index contributed by atoms with van der Waals surface area (Å²) in [5.41, 5.74) is 20.4. The molecule has 3 rings (SSSR count). The molecule has 0 spiro atoms. The van der Waals surface area contributed by atoms with E-state index in [0.717, 1.165) is 78.6 Å². The fraction of sp³-hybridized carbons (Fsp3) is 0.667. The van der Waals surface area contributed by atoms with Gasteiger partial charge in [0.05, 0.1) is 0 Å². The van der Waals surface area contributed by atoms with Gasteiger partial charge < -0.3 is 19.4 Å². The van der Waals surface area contributed by atoms with Gasteiger partial charge in [0.2, 0.25) is 11.4 Å². The van der Waals surface area contributed by atoms with E-state index < -0.39 is 0 Å². The number of benzene rings is 2. The second kappa shape index (κ2) is 43.5. The van der Waals surface area contributed by atoms with Crippen molar-refractivity contribution in [1.29, 1.82) is 0 Å². The van der Waals surface area contributed by atoms with Crippen molar-refractivity contribution >= 4 is 11.4 Å². The van der Waals surface area contributed by atoms with Crippen LogP contribution in [0.25, 0.3) is 16.9 Å². The molecule has 1 heterocycles. The first-order valence-electron chi connectivity index (χ1n) is 26.7. The first kappa shape index (κ1) is 60.6. The van der Waals surface area contributed by atoms with E-state index in [9.17, 15) is 5.53 Å². The molecule has 63 heavy (non-hydrogen) atoms. The van der Waals surface area contributed by atoms with Gasteiger partial charge in [-0.3, -0.25) is 0 Å². The molecule has 3 heteroatoms. The molecule has 2 nitrogen and oxygen atoms in total. The number of hydrogen-bond acceptors (Lipinski definition) is 0. The third-order valence-corrected chi connectivity index (χ3v) is 12.2. The molecule has 0 radical (unpaired) electrons. The van der Waals surface area contributed by atoms with Crippen molar-refractivity contribution < 1.29 is 21.2 Å². The molecule has 0 amide bonds. The Kier molecular flexibility index (Phi) is 41.8. The van der Waals surface area contributed by atoms with Crippen LogP contribution >= 0.6 is 0 Å². The summed E-state index contributed by atoms with van der Waals surface area (Å²) in [5, 5.41) is 0. The van der Waals surface area contributed by atoms with E-state index in [1.807, 2.05) is 0 Å². The Morgan fingerprint density at radius 3 is 1.22 bits per heavy atom. The number of nitrogens with zero attached hydrogens (tertiary/aromatic N) is 2. The molecule has 1 aliphatic heterocycles. The van der Waals surface area contributed by atoms with Crippen LogP contribution in [0.5, 0.6) is 0 Å². The van der Waals surface area contributed by atoms with E-state index in [0.29, 0.717) is 0 Å². The summed E-state index contributed by atoms with van der Waals surface area (Å²) in [5.74, 6) is 7.00. The maximum atomic E-state index is 11.8. The van der Waals surface area contributed by atoms with Crippen LogP contribution in [0.1, 0.15) is 269 Å². The van der Waals surface area contributed by atoms with E-state index in [2.05, 4.69) is 116 Å². The minimum absolute atomic E-state index is 0. The molecule has 0 bridgehead atoms. The SMILES string of the molecule is CCCCCCC#CC1=C(c2cccc(CCCCC)c2)[N+](=[N-])C(c2cccc(CCCCC)c2)=C1CC.[CH2-]CCCCCCCCCCC.[CH2-]CCCCCCCCCCC.[Ni+2]. The fourth-order valence-corrected chi connectivity index (χ4v) is 8.32. The standard InChI is InChI=1S/C36H48N2.2C12H25.Ni/c1-5-9-12-13-14-17-26-34-33(8-4)35(31-24-18-22-29(27-31)20-15-10-6-2)38(37)36(34)32-25-19-23-30(28-32)21-16-11-7-3;2*1-3-5-7-9-11-12-10-8-6-4-2;/h18-19,22-25,27-28H,5-16,20-21H2,1-4H3;2*1,3-12H2,2H3;/q;2*-1;+2. The summed E-state index contributed by atoms with van der Waals surface area (Å²) in [6.07, 6.45) is 43.8. The average Bonchev–Trinajstić information content (AvgIpc) is 3.58. The Balaban J connectivity index is 0.00000126. The second-order valence-corrected chi connectivity index (χ2v) is 18.0. The molecule has 0 atom stereocenters. The zero-order valence-corrected chi connectivity index (χ0v) is 43.3. The monoisotopic (exact) mass is 905 g/mol. The Labute approximate surface area is 403 Å². The average molecular weight is 906 g/mol. The number of rotatable bonds is 33. The van der Waals surface area contributed by atoms with Gasteiger partial charge in [-0.25, -0.2) is 4.70 Å². The predicted molar refractivity (Wildman–Crippen MR) is 278 cm³/mol. The zero-order chi connectivity index (χ0) is 45.3. The molecular formula is C60H98N2Ni. The van der Waals surface area contributed by atoms with Crippen molar-refractivity contribution in [2.45, 2.75) is 260 Å². The first-order valence-corrected chi connectivity index (χ1v) is 26.7. The van der Waals surface area contributed by atoms with Crippen LogP contribution in [-0.2, 0) is 29.3 Å². The summed E-state index contributed by atoms with van der Waals surface area (Å²) in [7, 11) is 0. The van der Waals surface area contributed by atoms with Gasteiger partial charge in [0, 0.05) is 23.1 Å². The molecule has 0 N–H and O–H groups in total. The van der Waals surface area contributed by atoms with E-state index in [1.54, 1.807) is 0 Å². The Hall–Kier alpha value is -2.43. The van der Waals surface area contributed by atoms with Crippen molar-refractivity contribution in [2.75, 3.05) is 0 Å². The van der Waals surface area contributed by atoms with Crippen LogP contribution in [0.15, 0.2) is 59.7 Å². The zero-order valence-electron chi connectivity index (χ0n) is 42.3. The fourth-order valence-electron chi connectivity index (χ4n) is 8.32. The maximum absolute atomic E-state index is 11.8. The molecular weight excluding hydrogens is 807 g/mol. The van der Waals surface area contributed by atoms with Crippen LogP contribution in [-0.4, -0.2) is 4.70 Å². The quantitative estimate of drug-likeness (QED) is 0.0224. The predicted octanol–water partition coefficient (Wildman–Crippen LogP) is 20.2. The minimum Gasteiger partial charge on any atom is -0.493 e. The topological polar surface area (TPSA) is 25.3 Å². The minimum atomic E-state index is 0. The van der Waals surface area contributed by atoms with E-state index >= 15 is 0 Å². The second-order valence-electron chi connectivity index (χ2n) is 18.0.